The Bertz CT molecular complexity index is 1060. The molecule has 3 nitrogen and oxygen atoms in total. The maximum atomic E-state index is 6.14. The van der Waals surface area contributed by atoms with Crippen LogP contribution in [0.1, 0.15) is 18.4 Å². The molecule has 1 N–H and O–H groups in total. The minimum atomic E-state index is -0.152. The second-order valence-corrected chi connectivity index (χ2v) is 9.94. The summed E-state index contributed by atoms with van der Waals surface area (Å²) in [5, 5.41) is -0.152. The first-order valence-electron chi connectivity index (χ1n) is 8.95. The normalized spacial score (nSPS) is 13.9. The molecule has 1 aromatic carbocycles. The van der Waals surface area contributed by atoms with Crippen LogP contribution in [0.5, 0.6) is 0 Å². The highest BCUT2D eigenvalue weighted by Crippen LogP contribution is 2.36. The molecule has 0 aliphatic rings. The molecule has 0 bridgehead atoms. The molecule has 28 heavy (non-hydrogen) atoms. The van der Waals surface area contributed by atoms with Crippen molar-refractivity contribution >= 4 is 45.3 Å². The summed E-state index contributed by atoms with van der Waals surface area (Å²) >= 11 is 2.30. The van der Waals surface area contributed by atoms with Crippen molar-refractivity contribution in [2.45, 2.75) is 18.9 Å². The Morgan fingerprint density at radius 3 is 2.57 bits per heavy atom. The van der Waals surface area contributed by atoms with Crippen LogP contribution in [-0.4, -0.2) is 22.9 Å². The Labute approximate surface area is 183 Å². The quantitative estimate of drug-likeness (QED) is 0.207. The van der Waals surface area contributed by atoms with Crippen molar-refractivity contribution in [3.8, 4) is 22.8 Å². The van der Waals surface area contributed by atoms with Gasteiger partial charge in [0, 0.05) is 20.4 Å². The lowest BCUT2D eigenvalue weighted by Crippen LogP contribution is -2.18. The maximum absolute atomic E-state index is 6.14. The summed E-state index contributed by atoms with van der Waals surface area (Å²) in [4.78, 5) is 8.12. The molecule has 0 aliphatic carbocycles. The second-order valence-electron chi connectivity index (χ2n) is 7.25. The predicted octanol–water partition coefficient (Wildman–Crippen LogP) is 5.60. The SMILES string of the molecule is BC(C)(P)C(=C)/C(=C\C=C)c1ccc(-c2nc(-c3ccc(I)cc3)c(C)[nH]2)o1. The van der Waals surface area contributed by atoms with Crippen molar-refractivity contribution in [1.29, 1.82) is 0 Å². The van der Waals surface area contributed by atoms with E-state index in [0.29, 0.717) is 11.6 Å². The summed E-state index contributed by atoms with van der Waals surface area (Å²) in [5.74, 6) is 2.16. The third kappa shape index (κ3) is 4.42. The molecule has 2 heterocycles. The second kappa shape index (κ2) is 8.26. The number of halogens is 1. The number of hydrogen-bond donors (Lipinski definition) is 1. The van der Waals surface area contributed by atoms with Crippen LogP contribution in [0.25, 0.3) is 28.4 Å². The van der Waals surface area contributed by atoms with Crippen LogP contribution in [0.15, 0.2) is 71.7 Å². The third-order valence-electron chi connectivity index (χ3n) is 4.49. The van der Waals surface area contributed by atoms with Crippen molar-refractivity contribution in [2.75, 3.05) is 0 Å². The van der Waals surface area contributed by atoms with E-state index < -0.39 is 0 Å². The fourth-order valence-electron chi connectivity index (χ4n) is 2.87. The average molecular weight is 500 g/mol. The Kier molecular flexibility index (Phi) is 6.16. The number of imidazole rings is 1. The molecule has 0 aliphatic heterocycles. The molecule has 2 unspecified atom stereocenters. The van der Waals surface area contributed by atoms with E-state index in [0.717, 1.165) is 33.9 Å². The third-order valence-corrected chi connectivity index (χ3v) is 5.56. The first kappa shape index (κ1) is 20.9. The highest BCUT2D eigenvalue weighted by atomic mass is 127. The first-order chi connectivity index (χ1) is 13.2. The number of furan rings is 1. The molecule has 2 atom stereocenters. The van der Waals surface area contributed by atoms with Crippen LogP contribution in [-0.2, 0) is 0 Å². The van der Waals surface area contributed by atoms with E-state index in [2.05, 4.69) is 89.0 Å². The largest absolute Gasteiger partial charge is 0.453 e. The molecule has 2 aromatic heterocycles. The lowest BCUT2D eigenvalue weighted by atomic mass is 9.78. The van der Waals surface area contributed by atoms with E-state index in [-0.39, 0.29) is 5.06 Å². The summed E-state index contributed by atoms with van der Waals surface area (Å²) < 4.78 is 7.34. The van der Waals surface area contributed by atoms with E-state index in [9.17, 15) is 0 Å². The monoisotopic (exact) mass is 500 g/mol. The summed E-state index contributed by atoms with van der Waals surface area (Å²) in [6.45, 7) is 12.2. The number of H-pyrrole nitrogens is 1. The lowest BCUT2D eigenvalue weighted by molar-refractivity contribution is 0.563. The van der Waals surface area contributed by atoms with Gasteiger partial charge in [-0.25, -0.2) is 4.98 Å². The zero-order chi connectivity index (χ0) is 20.5. The number of aromatic nitrogens is 2. The molecule has 3 rings (SSSR count). The van der Waals surface area contributed by atoms with Crippen LogP contribution in [0.4, 0.5) is 0 Å². The molecule has 0 saturated carbocycles. The summed E-state index contributed by atoms with van der Waals surface area (Å²) in [7, 11) is 4.92. The van der Waals surface area contributed by atoms with Gasteiger partial charge in [0.05, 0.1) is 5.69 Å². The molecule has 0 amide bonds. The number of nitrogens with zero attached hydrogens (tertiary/aromatic N) is 1. The maximum Gasteiger partial charge on any atom is 0.174 e. The van der Waals surface area contributed by atoms with Crippen molar-refractivity contribution in [2.24, 2.45) is 0 Å². The highest BCUT2D eigenvalue weighted by molar-refractivity contribution is 14.1. The smallest absolute Gasteiger partial charge is 0.174 e. The van der Waals surface area contributed by atoms with Gasteiger partial charge in [0.15, 0.2) is 11.6 Å². The number of nitrogens with one attached hydrogen (secondary N) is 1. The average Bonchev–Trinajstić information content (AvgIpc) is 3.26. The zero-order valence-electron chi connectivity index (χ0n) is 16.3. The summed E-state index contributed by atoms with van der Waals surface area (Å²) in [6.07, 6.45) is 3.69. The molecule has 0 spiro atoms. The van der Waals surface area contributed by atoms with Crippen LogP contribution in [0.2, 0.25) is 0 Å². The molecule has 3 aromatic rings. The molecule has 0 fully saturated rings. The molecule has 0 radical (unpaired) electrons. The van der Waals surface area contributed by atoms with Crippen molar-refractivity contribution in [3.05, 3.63) is 82.3 Å². The van der Waals surface area contributed by atoms with Gasteiger partial charge in [0.1, 0.15) is 13.6 Å². The van der Waals surface area contributed by atoms with E-state index in [1.54, 1.807) is 6.08 Å². The van der Waals surface area contributed by atoms with Crippen molar-refractivity contribution in [1.82, 2.24) is 9.97 Å². The van der Waals surface area contributed by atoms with E-state index in [1.807, 2.05) is 25.1 Å². The topological polar surface area (TPSA) is 41.8 Å². The van der Waals surface area contributed by atoms with Crippen LogP contribution in [0.3, 0.4) is 0 Å². The number of hydrogen-bond acceptors (Lipinski definition) is 2. The number of benzene rings is 1. The molecule has 6 heteroatoms. The van der Waals surface area contributed by atoms with E-state index in [4.69, 9.17) is 9.40 Å². The van der Waals surface area contributed by atoms with Crippen molar-refractivity contribution < 1.29 is 4.42 Å². The fourth-order valence-corrected chi connectivity index (χ4v) is 3.39. The first-order valence-corrected chi connectivity index (χ1v) is 10.6. The minimum Gasteiger partial charge on any atom is -0.453 e. The Morgan fingerprint density at radius 2 is 1.96 bits per heavy atom. The van der Waals surface area contributed by atoms with Gasteiger partial charge >= 0.3 is 0 Å². The number of rotatable bonds is 6. The van der Waals surface area contributed by atoms with Gasteiger partial charge in [-0.3, -0.25) is 0 Å². The van der Waals surface area contributed by atoms with E-state index >= 15 is 0 Å². The number of allylic oxidation sites excluding steroid dienone is 4. The van der Waals surface area contributed by atoms with Crippen molar-refractivity contribution in [3.63, 3.8) is 0 Å². The van der Waals surface area contributed by atoms with Gasteiger partial charge in [-0.05, 0) is 64.4 Å². The highest BCUT2D eigenvalue weighted by Gasteiger charge is 2.22. The Morgan fingerprint density at radius 1 is 1.29 bits per heavy atom. The molecular weight excluding hydrogens is 477 g/mol. The zero-order valence-corrected chi connectivity index (χ0v) is 19.7. The van der Waals surface area contributed by atoms with Crippen LogP contribution in [0, 0.1) is 10.5 Å². The van der Waals surface area contributed by atoms with Crippen LogP contribution >= 0.6 is 31.8 Å². The molecule has 0 saturated heterocycles. The summed E-state index contributed by atoms with van der Waals surface area (Å²) in [5.41, 5.74) is 4.92. The molecular formula is C22H23BIN2OP. The Hall–Kier alpha value is -1.85. The van der Waals surface area contributed by atoms with Gasteiger partial charge in [0.2, 0.25) is 0 Å². The van der Waals surface area contributed by atoms with Gasteiger partial charge < -0.3 is 9.40 Å². The number of aromatic amines is 1. The van der Waals surface area contributed by atoms with E-state index in [1.165, 1.54) is 3.57 Å². The summed E-state index contributed by atoms with van der Waals surface area (Å²) in [6, 6.07) is 12.2. The number of aryl methyl sites for hydroxylation is 1. The van der Waals surface area contributed by atoms with Crippen LogP contribution < -0.4 is 0 Å². The van der Waals surface area contributed by atoms with Gasteiger partial charge in [0.25, 0.3) is 0 Å². The predicted molar refractivity (Wildman–Crippen MR) is 133 cm³/mol. The minimum absolute atomic E-state index is 0.152. The molecule has 142 valence electrons. The van der Waals surface area contributed by atoms with Gasteiger partial charge in [-0.2, -0.15) is 0 Å². The fraction of sp³-hybridized carbons (Fsp3) is 0.136. The van der Waals surface area contributed by atoms with Gasteiger partial charge in [-0.15, -0.1) is 9.24 Å². The standard InChI is InChI=1S/C22H23BIN2OP/c1-5-6-17(13(2)22(4,23)28)18-11-12-19(27-18)21-25-14(3)20(26-21)15-7-9-16(24)10-8-15/h5-12H,1-2,23,28H2,3-4H3,(H,25,26)/b17-6+. The Balaban J connectivity index is 1.97. The van der Waals surface area contributed by atoms with Gasteiger partial charge in [-0.1, -0.05) is 44.4 Å². The lowest BCUT2D eigenvalue weighted by Gasteiger charge is -2.23.